The second-order valence-corrected chi connectivity index (χ2v) is 6.82. The van der Waals surface area contributed by atoms with E-state index in [1.807, 2.05) is 18.7 Å². The summed E-state index contributed by atoms with van der Waals surface area (Å²) >= 11 is 0. The summed E-state index contributed by atoms with van der Waals surface area (Å²) in [5.74, 6) is 0.753. The van der Waals surface area contributed by atoms with Crippen molar-refractivity contribution in [3.05, 3.63) is 17.0 Å². The zero-order valence-corrected chi connectivity index (χ0v) is 15.2. The predicted octanol–water partition coefficient (Wildman–Crippen LogP) is 2.06. The van der Waals surface area contributed by atoms with Gasteiger partial charge in [0.25, 0.3) is 0 Å². The van der Waals surface area contributed by atoms with Gasteiger partial charge in [0.05, 0.1) is 5.69 Å². The zero-order valence-electron chi connectivity index (χ0n) is 15.2. The molecule has 1 aromatic rings. The van der Waals surface area contributed by atoms with Gasteiger partial charge in [-0.2, -0.15) is 5.10 Å². The molecule has 5 nitrogen and oxygen atoms in total. The van der Waals surface area contributed by atoms with Crippen LogP contribution in [0.4, 0.5) is 0 Å². The first kappa shape index (κ1) is 18.7. The average Bonchev–Trinajstić information content (AvgIpc) is 2.65. The molecule has 1 aromatic heterocycles. The molecule has 1 atom stereocenters. The van der Waals surface area contributed by atoms with Crippen LogP contribution in [-0.2, 0) is 18.3 Å². The number of carbonyl (C=O) groups is 1. The highest BCUT2D eigenvalue weighted by Crippen LogP contribution is 2.14. The summed E-state index contributed by atoms with van der Waals surface area (Å²) < 4.78 is 1.88. The Balaban J connectivity index is 2.46. The number of carbonyl (C=O) groups excluding carboxylic acids is 1. The van der Waals surface area contributed by atoms with Crippen molar-refractivity contribution in [1.29, 1.82) is 0 Å². The first-order chi connectivity index (χ1) is 10.2. The molecule has 0 unspecified atom stereocenters. The molecule has 0 aliphatic heterocycles. The highest BCUT2D eigenvalue weighted by atomic mass is 16.1. The van der Waals surface area contributed by atoms with Crippen molar-refractivity contribution < 1.29 is 4.79 Å². The molecule has 1 amide bonds. The fourth-order valence-electron chi connectivity index (χ4n) is 2.76. The minimum Gasteiger partial charge on any atom is -0.355 e. The average molecular weight is 308 g/mol. The lowest BCUT2D eigenvalue weighted by Crippen LogP contribution is -2.41. The molecule has 0 aliphatic carbocycles. The van der Waals surface area contributed by atoms with Gasteiger partial charge in [0, 0.05) is 31.7 Å². The minimum atomic E-state index is 0.123. The van der Waals surface area contributed by atoms with Gasteiger partial charge < -0.3 is 10.2 Å². The molecule has 0 saturated heterocycles. The molecule has 0 spiro atoms. The number of aryl methyl sites for hydroxylation is 2. The third-order valence-electron chi connectivity index (χ3n) is 4.27. The monoisotopic (exact) mass is 308 g/mol. The van der Waals surface area contributed by atoms with Crippen LogP contribution >= 0.6 is 0 Å². The van der Waals surface area contributed by atoms with Crippen LogP contribution in [0.1, 0.15) is 43.6 Å². The highest BCUT2D eigenvalue weighted by molar-refractivity contribution is 5.76. The molecule has 126 valence electrons. The van der Waals surface area contributed by atoms with Crippen LogP contribution in [0.5, 0.6) is 0 Å². The van der Waals surface area contributed by atoms with E-state index in [2.05, 4.69) is 50.2 Å². The van der Waals surface area contributed by atoms with Crippen molar-refractivity contribution in [2.45, 2.75) is 53.0 Å². The molecule has 1 heterocycles. The molecular weight excluding hydrogens is 276 g/mol. The number of likely N-dealkylation sites (N-methyl/N-ethyl adjacent to an activating group) is 1. The summed E-state index contributed by atoms with van der Waals surface area (Å²) in [7, 11) is 6.09. The predicted molar refractivity (Wildman–Crippen MR) is 90.9 cm³/mol. The highest BCUT2D eigenvalue weighted by Gasteiger charge is 2.15. The summed E-state index contributed by atoms with van der Waals surface area (Å²) in [6, 6.07) is 0.394. The lowest BCUT2D eigenvalue weighted by Gasteiger charge is -2.26. The second kappa shape index (κ2) is 8.32. The molecule has 0 fully saturated rings. The second-order valence-electron chi connectivity index (χ2n) is 6.82. The molecule has 1 rings (SSSR count). The van der Waals surface area contributed by atoms with Crippen LogP contribution in [0.25, 0.3) is 0 Å². The maximum Gasteiger partial charge on any atom is 0.220 e. The third kappa shape index (κ3) is 5.44. The Morgan fingerprint density at radius 2 is 1.95 bits per heavy atom. The van der Waals surface area contributed by atoms with Gasteiger partial charge in [-0.1, -0.05) is 13.8 Å². The smallest absolute Gasteiger partial charge is 0.220 e. The van der Waals surface area contributed by atoms with E-state index in [0.717, 1.165) is 30.8 Å². The summed E-state index contributed by atoms with van der Waals surface area (Å²) in [5.41, 5.74) is 3.37. The maximum absolute atomic E-state index is 12.1. The van der Waals surface area contributed by atoms with Crippen molar-refractivity contribution in [2.75, 3.05) is 20.6 Å². The van der Waals surface area contributed by atoms with E-state index in [-0.39, 0.29) is 5.91 Å². The van der Waals surface area contributed by atoms with E-state index < -0.39 is 0 Å². The summed E-state index contributed by atoms with van der Waals surface area (Å²) in [5, 5.41) is 7.47. The number of amides is 1. The fourth-order valence-corrected chi connectivity index (χ4v) is 2.76. The van der Waals surface area contributed by atoms with Gasteiger partial charge in [0.15, 0.2) is 0 Å². The standard InChI is InChI=1S/C17H32N4O/c1-12(2)10-15(20(5)6)11-18-17(22)9-8-16-13(3)19-21(7)14(16)4/h12,15H,8-11H2,1-7H3,(H,18,22)/t15-/m1/s1. The normalized spacial score (nSPS) is 13.0. The van der Waals surface area contributed by atoms with Crippen LogP contribution in [0.15, 0.2) is 0 Å². The Morgan fingerprint density at radius 3 is 2.41 bits per heavy atom. The number of nitrogens with zero attached hydrogens (tertiary/aromatic N) is 3. The molecule has 0 aromatic carbocycles. The van der Waals surface area contributed by atoms with Crippen LogP contribution in [0, 0.1) is 19.8 Å². The third-order valence-corrected chi connectivity index (χ3v) is 4.27. The molecule has 0 saturated carbocycles. The zero-order chi connectivity index (χ0) is 16.9. The van der Waals surface area contributed by atoms with E-state index >= 15 is 0 Å². The SMILES string of the molecule is Cc1nn(C)c(C)c1CCC(=O)NC[C@@H](CC(C)C)N(C)C. The van der Waals surface area contributed by atoms with Gasteiger partial charge in [0.2, 0.25) is 5.91 Å². The van der Waals surface area contributed by atoms with E-state index in [1.165, 1.54) is 5.56 Å². The van der Waals surface area contributed by atoms with E-state index in [1.54, 1.807) is 0 Å². The number of hydrogen-bond acceptors (Lipinski definition) is 3. The number of nitrogens with one attached hydrogen (secondary N) is 1. The molecule has 0 aliphatic rings. The first-order valence-corrected chi connectivity index (χ1v) is 8.14. The number of rotatable bonds is 8. The lowest BCUT2D eigenvalue weighted by molar-refractivity contribution is -0.121. The van der Waals surface area contributed by atoms with Gasteiger partial charge in [-0.05, 0) is 52.3 Å². The van der Waals surface area contributed by atoms with Crippen LogP contribution < -0.4 is 5.32 Å². The van der Waals surface area contributed by atoms with Gasteiger partial charge in [-0.3, -0.25) is 9.48 Å². The largest absolute Gasteiger partial charge is 0.355 e. The van der Waals surface area contributed by atoms with Crippen molar-refractivity contribution in [3.8, 4) is 0 Å². The topological polar surface area (TPSA) is 50.2 Å². The van der Waals surface area contributed by atoms with Crippen LogP contribution in [0.2, 0.25) is 0 Å². The summed E-state index contributed by atoms with van der Waals surface area (Å²) in [6.45, 7) is 9.20. The minimum absolute atomic E-state index is 0.123. The molecular formula is C17H32N4O. The number of hydrogen-bond donors (Lipinski definition) is 1. The quantitative estimate of drug-likeness (QED) is 0.800. The Hall–Kier alpha value is -1.36. The summed E-state index contributed by atoms with van der Waals surface area (Å²) in [4.78, 5) is 14.3. The van der Waals surface area contributed by atoms with Crippen LogP contribution in [0.3, 0.4) is 0 Å². The fraction of sp³-hybridized carbons (Fsp3) is 0.765. The van der Waals surface area contributed by atoms with Crippen molar-refractivity contribution in [1.82, 2.24) is 20.0 Å². The van der Waals surface area contributed by atoms with Gasteiger partial charge in [0.1, 0.15) is 0 Å². The van der Waals surface area contributed by atoms with Crippen molar-refractivity contribution >= 4 is 5.91 Å². The first-order valence-electron chi connectivity index (χ1n) is 8.14. The Kier molecular flexibility index (Phi) is 7.07. The van der Waals surface area contributed by atoms with E-state index in [4.69, 9.17) is 0 Å². The van der Waals surface area contributed by atoms with Gasteiger partial charge in [-0.25, -0.2) is 0 Å². The van der Waals surface area contributed by atoms with Crippen LogP contribution in [-0.4, -0.2) is 47.3 Å². The lowest BCUT2D eigenvalue weighted by atomic mass is 10.0. The Morgan fingerprint density at radius 1 is 1.32 bits per heavy atom. The van der Waals surface area contributed by atoms with Gasteiger partial charge in [-0.15, -0.1) is 0 Å². The molecule has 1 N–H and O–H groups in total. The van der Waals surface area contributed by atoms with Crippen molar-refractivity contribution in [2.24, 2.45) is 13.0 Å². The summed E-state index contributed by atoms with van der Waals surface area (Å²) in [6.07, 6.45) is 2.37. The van der Waals surface area contributed by atoms with E-state index in [9.17, 15) is 4.79 Å². The molecule has 22 heavy (non-hydrogen) atoms. The number of aromatic nitrogens is 2. The van der Waals surface area contributed by atoms with E-state index in [0.29, 0.717) is 18.4 Å². The molecule has 0 radical (unpaired) electrons. The Bertz CT molecular complexity index is 491. The van der Waals surface area contributed by atoms with Gasteiger partial charge >= 0.3 is 0 Å². The molecule has 5 heteroatoms. The maximum atomic E-state index is 12.1. The van der Waals surface area contributed by atoms with Crippen molar-refractivity contribution in [3.63, 3.8) is 0 Å². The Labute approximate surface area is 135 Å². The molecule has 0 bridgehead atoms.